The van der Waals surface area contributed by atoms with Crippen molar-refractivity contribution in [2.24, 2.45) is 0 Å². The molecule has 1 rings (SSSR count). The van der Waals surface area contributed by atoms with E-state index in [0.717, 1.165) is 4.90 Å². The van der Waals surface area contributed by atoms with Crippen molar-refractivity contribution in [2.45, 2.75) is 24.4 Å². The second-order valence-corrected chi connectivity index (χ2v) is 6.64. The van der Waals surface area contributed by atoms with E-state index in [1.165, 1.54) is 6.08 Å². The van der Waals surface area contributed by atoms with Crippen molar-refractivity contribution in [1.29, 1.82) is 0 Å². The van der Waals surface area contributed by atoms with Crippen LogP contribution < -0.4 is 5.32 Å². The largest absolute Gasteiger partial charge is 0.726 e. The van der Waals surface area contributed by atoms with Gasteiger partial charge in [0.05, 0.1) is 6.61 Å². The molecular formula is C13H17N2O10S2-. The highest BCUT2D eigenvalue weighted by atomic mass is 32.3. The molecule has 5 N–H and O–H groups in total. The molecule has 0 bridgehead atoms. The monoisotopic (exact) mass is 425 g/mol. The minimum Gasteiger partial charge on any atom is -0.726 e. The minimum atomic E-state index is -5.43. The van der Waals surface area contributed by atoms with E-state index in [2.05, 4.69) is 16.1 Å². The van der Waals surface area contributed by atoms with Crippen LogP contribution in [0.2, 0.25) is 0 Å². The lowest BCUT2D eigenvalue weighted by Gasteiger charge is -2.31. The maximum Gasteiger partial charge on any atom is 0.265 e. The zero-order chi connectivity index (χ0) is 20.9. The predicted molar refractivity (Wildman–Crippen MR) is 90.4 cm³/mol. The van der Waals surface area contributed by atoms with Gasteiger partial charge in [0.2, 0.25) is 10.4 Å². The molecule has 0 saturated carbocycles. The molecule has 0 aliphatic carbocycles. The van der Waals surface area contributed by atoms with Crippen molar-refractivity contribution in [3.8, 4) is 0 Å². The third-order valence-electron chi connectivity index (χ3n) is 3.32. The molecule has 27 heavy (non-hydrogen) atoms. The van der Waals surface area contributed by atoms with Crippen molar-refractivity contribution in [2.75, 3.05) is 13.2 Å². The maximum atomic E-state index is 12.3. The second-order valence-electron chi connectivity index (χ2n) is 5.24. The van der Waals surface area contributed by atoms with Crippen LogP contribution in [0.4, 0.5) is 0 Å². The number of aliphatic hydroxyl groups excluding tert-OH is 4. The van der Waals surface area contributed by atoms with Gasteiger partial charge in [-0.2, -0.15) is 0 Å². The van der Waals surface area contributed by atoms with Gasteiger partial charge in [-0.05, 0) is 18.3 Å². The van der Waals surface area contributed by atoms with Crippen LogP contribution >= 0.6 is 12.2 Å². The summed E-state index contributed by atoms with van der Waals surface area (Å²) in [5, 5.41) is 40.3. The predicted octanol–water partition coefficient (Wildman–Crippen LogP) is -3.74. The number of thiocarbonyl (C=S) groups is 1. The highest BCUT2D eigenvalue weighted by molar-refractivity contribution is 7.80. The van der Waals surface area contributed by atoms with E-state index in [-0.39, 0.29) is 11.7 Å². The molecule has 1 aliphatic heterocycles. The van der Waals surface area contributed by atoms with E-state index in [1.807, 2.05) is 0 Å². The van der Waals surface area contributed by atoms with E-state index in [9.17, 15) is 37.9 Å². The molecule has 152 valence electrons. The molecule has 1 fully saturated rings. The Morgan fingerprint density at radius 1 is 1.33 bits per heavy atom. The molecule has 1 aliphatic rings. The van der Waals surface area contributed by atoms with Crippen LogP contribution in [0.1, 0.15) is 0 Å². The van der Waals surface area contributed by atoms with E-state index >= 15 is 0 Å². The van der Waals surface area contributed by atoms with Crippen LogP contribution in [0.15, 0.2) is 24.3 Å². The minimum absolute atomic E-state index is 0.0721. The summed E-state index contributed by atoms with van der Waals surface area (Å²) >= 11 is 4.82. The fourth-order valence-corrected chi connectivity index (χ4v) is 2.83. The molecule has 2 unspecified atom stereocenters. The summed E-state index contributed by atoms with van der Waals surface area (Å²) in [5.41, 5.74) is -0.654. The van der Waals surface area contributed by atoms with Crippen LogP contribution in [0.25, 0.3) is 0 Å². The molecule has 1 heterocycles. The fourth-order valence-electron chi connectivity index (χ4n) is 2.06. The van der Waals surface area contributed by atoms with E-state index in [4.69, 9.17) is 17.3 Å². The molecule has 2 amide bonds. The van der Waals surface area contributed by atoms with Crippen LogP contribution in [0.3, 0.4) is 0 Å². The lowest BCUT2D eigenvalue weighted by Crippen LogP contribution is -2.54. The molecule has 12 nitrogen and oxygen atoms in total. The number of carbonyl (C=O) groups excluding carboxylic acids is 2. The van der Waals surface area contributed by atoms with Crippen molar-refractivity contribution >= 4 is 39.5 Å². The molecule has 0 aromatic heterocycles. The van der Waals surface area contributed by atoms with Gasteiger partial charge in [-0.1, -0.05) is 6.08 Å². The topological polar surface area (TPSA) is 197 Å². The number of hydrogen-bond acceptors (Lipinski definition) is 11. The van der Waals surface area contributed by atoms with Crippen molar-refractivity contribution in [1.82, 2.24) is 10.2 Å². The van der Waals surface area contributed by atoms with Gasteiger partial charge in [0.1, 0.15) is 30.0 Å². The van der Waals surface area contributed by atoms with Gasteiger partial charge in [-0.15, -0.1) is 6.58 Å². The molecule has 0 radical (unpaired) electrons. The number of aliphatic hydroxyl groups is 4. The number of rotatable bonds is 9. The number of hydrogen-bond donors (Lipinski definition) is 5. The lowest BCUT2D eigenvalue weighted by molar-refractivity contribution is -0.129. The summed E-state index contributed by atoms with van der Waals surface area (Å²) in [7, 11) is -5.43. The molecular weight excluding hydrogens is 408 g/mol. The first-order valence-electron chi connectivity index (χ1n) is 7.22. The van der Waals surface area contributed by atoms with Gasteiger partial charge in [0.25, 0.3) is 11.8 Å². The van der Waals surface area contributed by atoms with Crippen LogP contribution in [0, 0.1) is 0 Å². The summed E-state index contributed by atoms with van der Waals surface area (Å²) in [6.45, 7) is 2.22. The number of nitrogens with one attached hydrogen (secondary N) is 1. The summed E-state index contributed by atoms with van der Waals surface area (Å²) in [4.78, 5) is 25.1. The normalized spacial score (nSPS) is 21.6. The summed E-state index contributed by atoms with van der Waals surface area (Å²) in [6.07, 6.45) is -6.90. The Balaban J connectivity index is 3.15. The van der Waals surface area contributed by atoms with Gasteiger partial charge in [-0.3, -0.25) is 24.0 Å². The Morgan fingerprint density at radius 2 is 1.93 bits per heavy atom. The highest BCUT2D eigenvalue weighted by Gasteiger charge is 2.37. The summed E-state index contributed by atoms with van der Waals surface area (Å²) in [6, 6.07) is 0. The first-order valence-corrected chi connectivity index (χ1v) is 8.96. The molecule has 14 heteroatoms. The molecule has 0 aromatic rings. The van der Waals surface area contributed by atoms with Crippen LogP contribution in [-0.2, 0) is 24.2 Å². The smallest absolute Gasteiger partial charge is 0.265 e. The number of carbonyl (C=O) groups is 2. The van der Waals surface area contributed by atoms with Gasteiger partial charge in [-0.25, -0.2) is 8.42 Å². The van der Waals surface area contributed by atoms with E-state index in [1.54, 1.807) is 0 Å². The molecule has 0 aromatic carbocycles. The van der Waals surface area contributed by atoms with Crippen molar-refractivity contribution < 1.29 is 47.2 Å². The quantitative estimate of drug-likeness (QED) is 0.0608. The number of nitrogens with zero attached hydrogens (tertiary/aromatic N) is 1. The van der Waals surface area contributed by atoms with E-state index < -0.39 is 58.8 Å². The maximum absolute atomic E-state index is 12.3. The van der Waals surface area contributed by atoms with E-state index in [0.29, 0.717) is 6.08 Å². The van der Waals surface area contributed by atoms with Gasteiger partial charge in [0.15, 0.2) is 5.11 Å². The Labute approximate surface area is 159 Å². The zero-order valence-corrected chi connectivity index (χ0v) is 15.2. The van der Waals surface area contributed by atoms with Gasteiger partial charge >= 0.3 is 0 Å². The van der Waals surface area contributed by atoms with Crippen molar-refractivity contribution in [3.63, 3.8) is 0 Å². The molecule has 1 saturated heterocycles. The van der Waals surface area contributed by atoms with Crippen molar-refractivity contribution in [3.05, 3.63) is 24.3 Å². The Kier molecular flexibility index (Phi) is 8.12. The Hall–Kier alpha value is -1.78. The lowest BCUT2D eigenvalue weighted by atomic mass is 10.00. The third-order valence-corrected chi connectivity index (χ3v) is 4.10. The zero-order valence-electron chi connectivity index (χ0n) is 13.6. The standard InChI is InChI=1S/C13H18N2O10S2/c1-2-3-15-12(21)6(11(20)14-13(15)26)4-7(17)9(19)10(8(18)5-16)25-27(22,23)24/h2,4,7-10,16-19H,1,3,5H2,(H,14,20,26)(H,22,23,24)/p-1/b6-4-/t7?,8-,9-,10?/m1/s1. The SMILES string of the molecule is C=CCN1C(=O)/C(=C\C(O)[C@@H](O)C(OS(=O)(=O)[O-])[C@H](O)CO)C(=O)NC1=S. The average Bonchev–Trinajstić information content (AvgIpc) is 2.57. The average molecular weight is 425 g/mol. The molecule has 4 atom stereocenters. The second kappa shape index (κ2) is 9.43. The molecule has 0 spiro atoms. The first-order chi connectivity index (χ1) is 12.4. The first kappa shape index (κ1) is 23.3. The summed E-state index contributed by atoms with van der Waals surface area (Å²) in [5.74, 6) is -1.94. The third kappa shape index (κ3) is 6.12. The van der Waals surface area contributed by atoms with Gasteiger partial charge < -0.3 is 25.0 Å². The Morgan fingerprint density at radius 3 is 2.41 bits per heavy atom. The van der Waals surface area contributed by atoms with Gasteiger partial charge in [0, 0.05) is 6.54 Å². The highest BCUT2D eigenvalue weighted by Crippen LogP contribution is 2.16. The van der Waals surface area contributed by atoms with Crippen LogP contribution in [0.5, 0.6) is 0 Å². The van der Waals surface area contributed by atoms with Crippen LogP contribution in [-0.4, -0.2) is 92.8 Å². The summed E-state index contributed by atoms with van der Waals surface area (Å²) < 4.78 is 36.1. The number of amides is 2. The fraction of sp³-hybridized carbons (Fsp3) is 0.462. The Bertz CT molecular complexity index is 750.